The fourth-order valence-corrected chi connectivity index (χ4v) is 5.24. The predicted molar refractivity (Wildman–Crippen MR) is 114 cm³/mol. The second-order valence-electron chi connectivity index (χ2n) is 8.80. The van der Waals surface area contributed by atoms with Gasteiger partial charge in [0.1, 0.15) is 23.5 Å². The maximum atomic E-state index is 15.0. The van der Waals surface area contributed by atoms with Crippen LogP contribution in [0.1, 0.15) is 5.69 Å². The average molecular weight is 463 g/mol. The second kappa shape index (κ2) is 7.56. The normalized spacial score (nSPS) is 27.4. The molecule has 3 fully saturated rings. The Morgan fingerprint density at radius 1 is 1.21 bits per heavy atom. The van der Waals surface area contributed by atoms with Crippen LogP contribution >= 0.6 is 0 Å². The van der Waals surface area contributed by atoms with Crippen LogP contribution in [-0.4, -0.2) is 51.8 Å². The van der Waals surface area contributed by atoms with Crippen LogP contribution in [0.3, 0.4) is 0 Å². The highest BCUT2D eigenvalue weighted by atomic mass is 19.1. The van der Waals surface area contributed by atoms with E-state index in [-0.39, 0.29) is 24.9 Å². The third-order valence-corrected chi connectivity index (χ3v) is 7.04. The number of hydrogen-bond donors (Lipinski definition) is 1. The minimum atomic E-state index is -0.646. The maximum absolute atomic E-state index is 15.0. The number of ether oxygens (including phenoxy) is 1. The summed E-state index contributed by atoms with van der Waals surface area (Å²) in [6, 6.07) is 10.5. The summed E-state index contributed by atoms with van der Waals surface area (Å²) in [6.45, 7) is 1.76. The topological polar surface area (TPSA) is 109 Å². The van der Waals surface area contributed by atoms with Crippen molar-refractivity contribution in [2.75, 3.05) is 24.5 Å². The Morgan fingerprint density at radius 2 is 2.03 bits per heavy atom. The fourth-order valence-electron chi connectivity index (χ4n) is 5.24. The first kappa shape index (κ1) is 20.7. The summed E-state index contributed by atoms with van der Waals surface area (Å²) < 4.78 is 34.9. The molecular weight excluding hydrogens is 444 g/mol. The molecule has 3 aliphatic rings. The number of fused-ring (bicyclic) bond motifs is 1. The maximum Gasteiger partial charge on any atom is 0.414 e. The number of nitrogens with one attached hydrogen (secondary N) is 1. The van der Waals surface area contributed by atoms with Gasteiger partial charge >= 0.3 is 6.09 Å². The summed E-state index contributed by atoms with van der Waals surface area (Å²) in [6.07, 6.45) is 1.26. The Balaban J connectivity index is 1.19. The molecule has 2 aromatic heterocycles. The van der Waals surface area contributed by atoms with E-state index in [0.29, 0.717) is 16.8 Å². The number of aromatic nitrogens is 4. The molecule has 1 amide bonds. The fraction of sp³-hybridized carbons (Fsp3) is 0.348. The third-order valence-electron chi connectivity index (χ3n) is 7.04. The van der Waals surface area contributed by atoms with Crippen molar-refractivity contribution in [2.45, 2.75) is 18.1 Å². The monoisotopic (exact) mass is 463 g/mol. The van der Waals surface area contributed by atoms with Crippen LogP contribution in [-0.2, 0) is 16.7 Å². The highest BCUT2D eigenvalue weighted by Crippen LogP contribution is 2.60. The van der Waals surface area contributed by atoms with Crippen molar-refractivity contribution in [2.24, 2.45) is 11.8 Å². The van der Waals surface area contributed by atoms with Gasteiger partial charge in [0.05, 0.1) is 30.5 Å². The Hall–Kier alpha value is -3.91. The number of nitrogens with zero attached hydrogens (tertiary/aromatic N) is 6. The van der Waals surface area contributed by atoms with E-state index in [1.54, 1.807) is 30.5 Å². The molecule has 1 aromatic carbocycles. The number of hydrogen-bond acceptors (Lipinski definition) is 7. The van der Waals surface area contributed by atoms with Gasteiger partial charge in [-0.05, 0) is 24.3 Å². The van der Waals surface area contributed by atoms with E-state index in [0.717, 1.165) is 29.7 Å². The molecular formula is C23H19F2N7O2. The van der Waals surface area contributed by atoms with Crippen LogP contribution in [0.25, 0.3) is 11.1 Å². The number of nitriles is 1. The molecule has 9 nitrogen and oxygen atoms in total. The molecule has 0 radical (unpaired) electrons. The van der Waals surface area contributed by atoms with Gasteiger partial charge in [0.2, 0.25) is 5.95 Å². The van der Waals surface area contributed by atoms with Crippen molar-refractivity contribution in [3.05, 3.63) is 60.2 Å². The first-order chi connectivity index (χ1) is 16.5. The van der Waals surface area contributed by atoms with Crippen LogP contribution in [0.2, 0.25) is 0 Å². The zero-order valence-corrected chi connectivity index (χ0v) is 17.9. The van der Waals surface area contributed by atoms with Gasteiger partial charge in [0.15, 0.2) is 0 Å². The van der Waals surface area contributed by atoms with Crippen molar-refractivity contribution in [1.82, 2.24) is 25.3 Å². The number of carbonyl (C=O) groups is 1. The number of rotatable bonds is 5. The molecule has 1 N–H and O–H groups in total. The number of halogens is 2. The van der Waals surface area contributed by atoms with E-state index in [2.05, 4.69) is 26.7 Å². The summed E-state index contributed by atoms with van der Waals surface area (Å²) in [5.74, 6) is -0.603. The number of amides is 1. The highest BCUT2D eigenvalue weighted by Gasteiger charge is 2.69. The van der Waals surface area contributed by atoms with E-state index < -0.39 is 29.4 Å². The number of pyridine rings is 1. The summed E-state index contributed by atoms with van der Waals surface area (Å²) in [7, 11) is 0. The molecule has 11 heteroatoms. The molecule has 3 aromatic rings. The zero-order valence-electron chi connectivity index (χ0n) is 17.9. The molecule has 0 bridgehead atoms. The number of anilines is 1. The van der Waals surface area contributed by atoms with Gasteiger partial charge in [0, 0.05) is 42.2 Å². The minimum absolute atomic E-state index is 0.00855. The molecule has 0 spiro atoms. The molecule has 2 aliphatic heterocycles. The summed E-state index contributed by atoms with van der Waals surface area (Å²) in [5, 5.41) is 20.1. The first-order valence-corrected chi connectivity index (χ1v) is 10.9. The lowest BCUT2D eigenvalue weighted by atomic mass is 9.96. The van der Waals surface area contributed by atoms with Crippen LogP contribution in [0, 0.1) is 34.9 Å². The van der Waals surface area contributed by atoms with Crippen molar-refractivity contribution < 1.29 is 18.3 Å². The number of piperidine rings is 1. The second-order valence-corrected chi connectivity index (χ2v) is 8.80. The number of cyclic esters (lactones) is 1. The standard InChI is InChI=1S/C23H19F2N7O2/c24-19-5-14(31-10-15(34-22(31)33)11-32-21(25)9-29-30-32)2-3-16(19)13-1-4-20(28-6-13)23(12-26)17-7-27-8-18(17)23/h1-6,9,15,17-18,27H,7-8,10-11H2/t15-,17-,18+,23?/m1/s1. The molecule has 1 unspecified atom stereocenters. The largest absolute Gasteiger partial charge is 0.442 e. The molecule has 6 rings (SSSR count). The Labute approximate surface area is 193 Å². The smallest absolute Gasteiger partial charge is 0.414 e. The minimum Gasteiger partial charge on any atom is -0.442 e. The van der Waals surface area contributed by atoms with E-state index in [1.807, 2.05) is 0 Å². The molecule has 172 valence electrons. The highest BCUT2D eigenvalue weighted by molar-refractivity contribution is 5.90. The summed E-state index contributed by atoms with van der Waals surface area (Å²) >= 11 is 0. The van der Waals surface area contributed by atoms with E-state index in [1.165, 1.54) is 11.0 Å². The van der Waals surface area contributed by atoms with Gasteiger partial charge in [-0.25, -0.2) is 13.9 Å². The van der Waals surface area contributed by atoms with Gasteiger partial charge in [-0.1, -0.05) is 11.3 Å². The van der Waals surface area contributed by atoms with Gasteiger partial charge in [0.25, 0.3) is 0 Å². The van der Waals surface area contributed by atoms with Gasteiger partial charge in [-0.3, -0.25) is 9.88 Å². The van der Waals surface area contributed by atoms with Crippen LogP contribution in [0.5, 0.6) is 0 Å². The predicted octanol–water partition coefficient (Wildman–Crippen LogP) is 2.25. The van der Waals surface area contributed by atoms with Crippen LogP contribution in [0.4, 0.5) is 19.3 Å². The molecule has 4 atom stereocenters. The van der Waals surface area contributed by atoms with E-state index in [4.69, 9.17) is 4.74 Å². The molecule has 4 heterocycles. The van der Waals surface area contributed by atoms with Gasteiger partial charge < -0.3 is 10.1 Å². The number of carbonyl (C=O) groups excluding carboxylic acids is 1. The summed E-state index contributed by atoms with van der Waals surface area (Å²) in [4.78, 5) is 18.1. The van der Waals surface area contributed by atoms with Crippen molar-refractivity contribution in [3.8, 4) is 17.2 Å². The average Bonchev–Trinajstić information content (AvgIpc) is 3.29. The summed E-state index contributed by atoms with van der Waals surface area (Å²) in [5.41, 5.74) is 1.42. The van der Waals surface area contributed by atoms with E-state index in [9.17, 15) is 14.4 Å². The van der Waals surface area contributed by atoms with Crippen molar-refractivity contribution >= 4 is 11.8 Å². The lowest BCUT2D eigenvalue weighted by Crippen LogP contribution is -2.26. The number of benzene rings is 1. The lowest BCUT2D eigenvalue weighted by molar-refractivity contribution is 0.126. The molecule has 1 aliphatic carbocycles. The van der Waals surface area contributed by atoms with Gasteiger partial charge in [-0.15, -0.1) is 5.10 Å². The van der Waals surface area contributed by atoms with Crippen molar-refractivity contribution in [3.63, 3.8) is 0 Å². The SMILES string of the molecule is N#CC1(c2ccc(-c3ccc(N4C[C@H](Cn5nncc5F)OC4=O)cc3F)cn2)[C@@H]2CNC[C@@H]21. The van der Waals surface area contributed by atoms with Crippen LogP contribution < -0.4 is 10.2 Å². The Kier molecular flexibility index (Phi) is 4.60. The van der Waals surface area contributed by atoms with Gasteiger partial charge in [-0.2, -0.15) is 9.65 Å². The third kappa shape index (κ3) is 3.06. The van der Waals surface area contributed by atoms with Crippen LogP contribution in [0.15, 0.2) is 42.7 Å². The molecule has 1 saturated carbocycles. The lowest BCUT2D eigenvalue weighted by Gasteiger charge is -2.15. The molecule has 2 saturated heterocycles. The molecule has 34 heavy (non-hydrogen) atoms. The zero-order chi connectivity index (χ0) is 23.4. The Bertz CT molecular complexity index is 1310. The van der Waals surface area contributed by atoms with E-state index >= 15 is 4.39 Å². The quantitative estimate of drug-likeness (QED) is 0.618. The Morgan fingerprint density at radius 3 is 2.68 bits per heavy atom. The van der Waals surface area contributed by atoms with Crippen molar-refractivity contribution in [1.29, 1.82) is 5.26 Å². The first-order valence-electron chi connectivity index (χ1n) is 10.9.